The van der Waals surface area contributed by atoms with Gasteiger partial charge in [-0.2, -0.15) is 0 Å². The SMILES string of the molecule is CCCCCCCCCCCCCCCCCCCCCCCCC/C=C/C(O)C(CO)NC(=O)CCCCCCCCCCCCCOC(=O)CCCCCCCCCCCCCCCCCCCC. The summed E-state index contributed by atoms with van der Waals surface area (Å²) in [4.78, 5) is 24.6. The van der Waals surface area contributed by atoms with Crippen molar-refractivity contribution in [3.63, 3.8) is 0 Å². The van der Waals surface area contributed by atoms with Crippen LogP contribution in [0, 0.1) is 0 Å². The van der Waals surface area contributed by atoms with Gasteiger partial charge in [-0.05, 0) is 32.1 Å². The number of unbranched alkanes of at least 4 members (excludes halogenated alkanes) is 50. The first-order valence-corrected chi connectivity index (χ1v) is 32.5. The Labute approximate surface area is 444 Å². The van der Waals surface area contributed by atoms with Crippen molar-refractivity contribution < 1.29 is 24.5 Å². The summed E-state index contributed by atoms with van der Waals surface area (Å²) in [6, 6.07) is -0.642. The number of aliphatic hydroxyl groups excluding tert-OH is 2. The molecule has 2 unspecified atom stereocenters. The van der Waals surface area contributed by atoms with Gasteiger partial charge < -0.3 is 20.3 Å². The van der Waals surface area contributed by atoms with Gasteiger partial charge in [-0.3, -0.25) is 9.59 Å². The number of ether oxygens (including phenoxy) is 1. The lowest BCUT2D eigenvalue weighted by Gasteiger charge is -2.20. The number of carbonyl (C=O) groups is 2. The topological polar surface area (TPSA) is 95.9 Å². The van der Waals surface area contributed by atoms with Crippen molar-refractivity contribution >= 4 is 11.9 Å². The zero-order chi connectivity index (χ0) is 51.4. The molecule has 0 aromatic rings. The molecule has 71 heavy (non-hydrogen) atoms. The van der Waals surface area contributed by atoms with Crippen LogP contribution in [0.3, 0.4) is 0 Å². The number of rotatable bonds is 61. The van der Waals surface area contributed by atoms with Gasteiger partial charge in [0.2, 0.25) is 5.91 Å². The molecule has 0 aliphatic carbocycles. The highest BCUT2D eigenvalue weighted by Gasteiger charge is 2.18. The van der Waals surface area contributed by atoms with Crippen molar-refractivity contribution in [2.75, 3.05) is 13.2 Å². The van der Waals surface area contributed by atoms with Gasteiger partial charge in [0.1, 0.15) is 0 Å². The van der Waals surface area contributed by atoms with Crippen LogP contribution in [0.25, 0.3) is 0 Å². The molecule has 0 radical (unpaired) electrons. The van der Waals surface area contributed by atoms with Crippen molar-refractivity contribution in [3.05, 3.63) is 12.2 Å². The summed E-state index contributed by atoms with van der Waals surface area (Å²) in [6.07, 6.45) is 74.0. The Bertz CT molecular complexity index is 1060. The lowest BCUT2D eigenvalue weighted by molar-refractivity contribution is -0.143. The molecule has 0 heterocycles. The van der Waals surface area contributed by atoms with Crippen LogP contribution in [-0.4, -0.2) is 47.4 Å². The van der Waals surface area contributed by atoms with E-state index in [1.165, 1.54) is 283 Å². The largest absolute Gasteiger partial charge is 0.466 e. The highest BCUT2D eigenvalue weighted by molar-refractivity contribution is 5.76. The molecule has 422 valence electrons. The summed E-state index contributed by atoms with van der Waals surface area (Å²) in [6.45, 7) is 4.90. The number of nitrogens with one attached hydrogen (secondary N) is 1. The molecule has 0 saturated carbocycles. The minimum Gasteiger partial charge on any atom is -0.466 e. The Balaban J connectivity index is 3.46. The number of amides is 1. The summed E-state index contributed by atoms with van der Waals surface area (Å²) in [5.41, 5.74) is 0. The zero-order valence-corrected chi connectivity index (χ0v) is 48.2. The minimum absolute atomic E-state index is 0.00957. The third-order valence-electron chi connectivity index (χ3n) is 15.3. The van der Waals surface area contributed by atoms with Crippen LogP contribution in [0.4, 0.5) is 0 Å². The molecular formula is C65H127NO5. The van der Waals surface area contributed by atoms with Crippen LogP contribution in [0.1, 0.15) is 367 Å². The Kier molecular flexibility index (Phi) is 59.9. The molecule has 1 amide bonds. The first-order valence-electron chi connectivity index (χ1n) is 32.5. The number of allylic oxidation sites excluding steroid dienone is 1. The van der Waals surface area contributed by atoms with E-state index in [0.29, 0.717) is 19.4 Å². The highest BCUT2D eigenvalue weighted by atomic mass is 16.5. The Morgan fingerprint density at radius 1 is 0.380 bits per heavy atom. The van der Waals surface area contributed by atoms with Gasteiger partial charge in [0.15, 0.2) is 0 Å². The van der Waals surface area contributed by atoms with E-state index in [4.69, 9.17) is 4.74 Å². The second-order valence-electron chi connectivity index (χ2n) is 22.5. The number of hydrogen-bond donors (Lipinski definition) is 3. The smallest absolute Gasteiger partial charge is 0.305 e. The maximum absolute atomic E-state index is 12.5. The molecule has 0 aliphatic heterocycles. The Morgan fingerprint density at radius 3 is 0.958 bits per heavy atom. The second kappa shape index (κ2) is 61.1. The molecule has 0 aromatic carbocycles. The quantitative estimate of drug-likeness (QED) is 0.0320. The first kappa shape index (κ1) is 69.6. The van der Waals surface area contributed by atoms with Gasteiger partial charge in [0, 0.05) is 12.8 Å². The van der Waals surface area contributed by atoms with Gasteiger partial charge >= 0.3 is 5.97 Å². The molecule has 0 saturated heterocycles. The number of carbonyl (C=O) groups excluding carboxylic acids is 2. The number of hydrogen-bond acceptors (Lipinski definition) is 5. The first-order chi connectivity index (χ1) is 35.0. The maximum Gasteiger partial charge on any atom is 0.305 e. The van der Waals surface area contributed by atoms with Crippen molar-refractivity contribution in [1.29, 1.82) is 0 Å². The lowest BCUT2D eigenvalue weighted by Crippen LogP contribution is -2.45. The van der Waals surface area contributed by atoms with Crippen LogP contribution < -0.4 is 5.32 Å². The molecule has 0 bridgehead atoms. The van der Waals surface area contributed by atoms with Gasteiger partial charge in [-0.15, -0.1) is 0 Å². The predicted octanol–water partition coefficient (Wildman–Crippen LogP) is 20.4. The number of esters is 1. The molecule has 2 atom stereocenters. The zero-order valence-electron chi connectivity index (χ0n) is 48.2. The average Bonchev–Trinajstić information content (AvgIpc) is 3.37. The fraction of sp³-hybridized carbons (Fsp3) is 0.938. The van der Waals surface area contributed by atoms with E-state index in [1.54, 1.807) is 6.08 Å². The Morgan fingerprint density at radius 2 is 0.648 bits per heavy atom. The van der Waals surface area contributed by atoms with E-state index in [2.05, 4.69) is 19.2 Å². The second-order valence-corrected chi connectivity index (χ2v) is 22.5. The van der Waals surface area contributed by atoms with Crippen LogP contribution in [0.15, 0.2) is 12.2 Å². The van der Waals surface area contributed by atoms with Crippen molar-refractivity contribution in [2.45, 2.75) is 379 Å². The molecule has 0 aliphatic rings. The fourth-order valence-electron chi connectivity index (χ4n) is 10.3. The molecule has 0 rings (SSSR count). The summed E-state index contributed by atoms with van der Waals surface area (Å²) in [7, 11) is 0. The van der Waals surface area contributed by atoms with E-state index < -0.39 is 12.1 Å². The summed E-state index contributed by atoms with van der Waals surface area (Å²) < 4.78 is 5.49. The minimum atomic E-state index is -0.857. The molecular weight excluding hydrogens is 875 g/mol. The van der Waals surface area contributed by atoms with Gasteiger partial charge in [0.25, 0.3) is 0 Å². The van der Waals surface area contributed by atoms with Gasteiger partial charge in [0.05, 0.1) is 25.4 Å². The molecule has 6 heteroatoms. The molecule has 0 spiro atoms. The van der Waals surface area contributed by atoms with Gasteiger partial charge in [-0.25, -0.2) is 0 Å². The van der Waals surface area contributed by atoms with Crippen molar-refractivity contribution in [2.24, 2.45) is 0 Å². The van der Waals surface area contributed by atoms with E-state index >= 15 is 0 Å². The van der Waals surface area contributed by atoms with Crippen LogP contribution in [0.5, 0.6) is 0 Å². The maximum atomic E-state index is 12.5. The van der Waals surface area contributed by atoms with E-state index in [-0.39, 0.29) is 18.5 Å². The van der Waals surface area contributed by atoms with Crippen LogP contribution in [-0.2, 0) is 14.3 Å². The normalized spacial score (nSPS) is 12.6. The summed E-state index contributed by atoms with van der Waals surface area (Å²) in [5.74, 6) is -0.0912. The average molecular weight is 1000 g/mol. The van der Waals surface area contributed by atoms with E-state index in [1.807, 2.05) is 6.08 Å². The molecule has 0 fully saturated rings. The highest BCUT2D eigenvalue weighted by Crippen LogP contribution is 2.18. The Hall–Kier alpha value is -1.40. The van der Waals surface area contributed by atoms with E-state index in [9.17, 15) is 19.8 Å². The van der Waals surface area contributed by atoms with Gasteiger partial charge in [-0.1, -0.05) is 334 Å². The monoisotopic (exact) mass is 1000 g/mol. The van der Waals surface area contributed by atoms with Crippen LogP contribution >= 0.6 is 0 Å². The number of aliphatic hydroxyl groups is 2. The third kappa shape index (κ3) is 57.7. The predicted molar refractivity (Wildman–Crippen MR) is 310 cm³/mol. The fourth-order valence-corrected chi connectivity index (χ4v) is 10.3. The standard InChI is InChI=1S/C65H127NO5/c1-3-5-7-9-11-13-15-17-19-21-23-24-25-26-27-28-29-30-32-34-37-41-45-49-53-57-63(68)62(61-67)66-64(69)58-54-50-46-42-38-36-40-44-48-52-56-60-71-65(70)59-55-51-47-43-39-35-33-31-22-20-18-16-14-12-10-8-6-4-2/h53,57,62-63,67-68H,3-52,54-56,58-61H2,1-2H3,(H,66,69)/b57-53+. The van der Waals surface area contributed by atoms with Crippen LogP contribution in [0.2, 0.25) is 0 Å². The summed E-state index contributed by atoms with van der Waals surface area (Å²) >= 11 is 0. The third-order valence-corrected chi connectivity index (χ3v) is 15.3. The summed E-state index contributed by atoms with van der Waals surface area (Å²) in [5, 5.41) is 23.2. The molecule has 0 aromatic heterocycles. The van der Waals surface area contributed by atoms with Crippen molar-refractivity contribution in [3.8, 4) is 0 Å². The molecule has 3 N–H and O–H groups in total. The lowest BCUT2D eigenvalue weighted by atomic mass is 10.0. The van der Waals surface area contributed by atoms with Crippen molar-refractivity contribution in [1.82, 2.24) is 5.32 Å². The van der Waals surface area contributed by atoms with E-state index in [0.717, 1.165) is 57.8 Å². The molecule has 6 nitrogen and oxygen atoms in total.